The highest BCUT2D eigenvalue weighted by atomic mass is 16.5. The van der Waals surface area contributed by atoms with Crippen molar-refractivity contribution < 1.29 is 23.5 Å². The van der Waals surface area contributed by atoms with Gasteiger partial charge in [0, 0.05) is 13.2 Å². The molecule has 8 heteroatoms. The van der Waals surface area contributed by atoms with Gasteiger partial charge in [0.25, 0.3) is 5.91 Å². The summed E-state index contributed by atoms with van der Waals surface area (Å²) in [7, 11) is 0. The van der Waals surface area contributed by atoms with Crippen LogP contribution in [0.2, 0.25) is 0 Å². The van der Waals surface area contributed by atoms with E-state index in [2.05, 4.69) is 15.8 Å². The van der Waals surface area contributed by atoms with Crippen molar-refractivity contribution in [2.45, 2.75) is 18.9 Å². The Hall–Kier alpha value is -3.13. The molecule has 27 heavy (non-hydrogen) atoms. The second-order valence-corrected chi connectivity index (χ2v) is 5.97. The van der Waals surface area contributed by atoms with E-state index in [4.69, 9.17) is 13.9 Å². The molecule has 8 nitrogen and oxygen atoms in total. The van der Waals surface area contributed by atoms with Crippen molar-refractivity contribution in [3.63, 3.8) is 0 Å². The summed E-state index contributed by atoms with van der Waals surface area (Å²) in [5, 5.41) is 6.66. The van der Waals surface area contributed by atoms with Crippen LogP contribution in [0, 0.1) is 0 Å². The zero-order valence-corrected chi connectivity index (χ0v) is 14.7. The average Bonchev–Trinajstić information content (AvgIpc) is 3.39. The molecule has 0 spiro atoms. The van der Waals surface area contributed by atoms with E-state index in [9.17, 15) is 9.59 Å². The van der Waals surface area contributed by atoms with Crippen LogP contribution in [0.25, 0.3) is 0 Å². The number of nitrogens with one attached hydrogen (secondary N) is 2. The minimum absolute atomic E-state index is 0.0562. The molecule has 1 saturated heterocycles. The van der Waals surface area contributed by atoms with Gasteiger partial charge in [-0.05, 0) is 54.8 Å². The standard InChI is InChI=1S/C19H21N3O5/c23-18(20-12-16-3-1-9-25-16)13-27-15-7-5-14(6-8-15)11-21-22-19(24)17-4-2-10-26-17/h2,4-8,10-11,16H,1,3,9,12-13H2,(H,20,23)(H,22,24)/t16-/m1/s1. The van der Waals surface area contributed by atoms with Crippen molar-refractivity contribution in [3.8, 4) is 5.75 Å². The molecule has 0 bridgehead atoms. The van der Waals surface area contributed by atoms with Gasteiger partial charge in [-0.3, -0.25) is 9.59 Å². The second kappa shape index (κ2) is 9.54. The number of hydrogen-bond acceptors (Lipinski definition) is 6. The van der Waals surface area contributed by atoms with E-state index in [1.54, 1.807) is 36.4 Å². The van der Waals surface area contributed by atoms with Gasteiger partial charge in [-0.1, -0.05) is 0 Å². The lowest BCUT2D eigenvalue weighted by atomic mass is 10.2. The number of amides is 2. The monoisotopic (exact) mass is 371 g/mol. The number of carbonyl (C=O) groups excluding carboxylic acids is 2. The number of carbonyl (C=O) groups is 2. The zero-order valence-electron chi connectivity index (χ0n) is 14.7. The fraction of sp³-hybridized carbons (Fsp3) is 0.316. The minimum atomic E-state index is -0.426. The summed E-state index contributed by atoms with van der Waals surface area (Å²) < 4.78 is 15.9. The summed E-state index contributed by atoms with van der Waals surface area (Å²) in [6.45, 7) is 1.22. The van der Waals surface area contributed by atoms with Crippen LogP contribution in [0.1, 0.15) is 29.0 Å². The number of ether oxygens (including phenoxy) is 2. The van der Waals surface area contributed by atoms with Crippen LogP contribution in [0.3, 0.4) is 0 Å². The zero-order chi connectivity index (χ0) is 18.9. The molecule has 1 fully saturated rings. The van der Waals surface area contributed by atoms with Gasteiger partial charge in [0.05, 0.1) is 18.6 Å². The highest BCUT2D eigenvalue weighted by Crippen LogP contribution is 2.12. The molecule has 1 aliphatic rings. The third-order valence-electron chi connectivity index (χ3n) is 3.93. The summed E-state index contributed by atoms with van der Waals surface area (Å²) in [4.78, 5) is 23.4. The van der Waals surface area contributed by atoms with E-state index < -0.39 is 5.91 Å². The molecule has 0 unspecified atom stereocenters. The Morgan fingerprint density at radius 3 is 2.81 bits per heavy atom. The molecule has 0 saturated carbocycles. The Balaban J connectivity index is 1.38. The third-order valence-corrected chi connectivity index (χ3v) is 3.93. The topological polar surface area (TPSA) is 102 Å². The van der Waals surface area contributed by atoms with Crippen LogP contribution in [-0.4, -0.2) is 43.9 Å². The molecular formula is C19H21N3O5. The fourth-order valence-electron chi connectivity index (χ4n) is 2.51. The van der Waals surface area contributed by atoms with Crippen LogP contribution in [0.15, 0.2) is 52.2 Å². The van der Waals surface area contributed by atoms with Gasteiger partial charge >= 0.3 is 5.91 Å². The van der Waals surface area contributed by atoms with Crippen molar-refractivity contribution in [1.29, 1.82) is 0 Å². The lowest BCUT2D eigenvalue weighted by Gasteiger charge is -2.11. The minimum Gasteiger partial charge on any atom is -0.484 e. The normalized spacial score (nSPS) is 16.4. The first-order chi connectivity index (χ1) is 13.2. The van der Waals surface area contributed by atoms with Gasteiger partial charge in [-0.25, -0.2) is 5.43 Å². The first-order valence-electron chi connectivity index (χ1n) is 8.69. The summed E-state index contributed by atoms with van der Waals surface area (Å²) in [5.74, 6) is 0.148. The summed E-state index contributed by atoms with van der Waals surface area (Å²) in [5.41, 5.74) is 3.14. The summed E-state index contributed by atoms with van der Waals surface area (Å²) in [6.07, 6.45) is 5.05. The van der Waals surface area contributed by atoms with Crippen molar-refractivity contribution >= 4 is 18.0 Å². The molecule has 0 aliphatic carbocycles. The number of furan rings is 1. The van der Waals surface area contributed by atoms with Crippen LogP contribution in [-0.2, 0) is 9.53 Å². The number of hydrogen-bond donors (Lipinski definition) is 2. The van der Waals surface area contributed by atoms with Crippen LogP contribution < -0.4 is 15.5 Å². The van der Waals surface area contributed by atoms with E-state index in [0.29, 0.717) is 12.3 Å². The van der Waals surface area contributed by atoms with E-state index in [1.165, 1.54) is 12.5 Å². The molecule has 142 valence electrons. The van der Waals surface area contributed by atoms with Crippen molar-refractivity contribution in [1.82, 2.24) is 10.7 Å². The van der Waals surface area contributed by atoms with Gasteiger partial charge in [0.2, 0.25) is 0 Å². The van der Waals surface area contributed by atoms with E-state index in [1.807, 2.05) is 0 Å². The van der Waals surface area contributed by atoms with E-state index in [-0.39, 0.29) is 24.4 Å². The molecule has 1 aliphatic heterocycles. The number of nitrogens with zero attached hydrogens (tertiary/aromatic N) is 1. The SMILES string of the molecule is O=C(COc1ccc(C=NNC(=O)c2ccco2)cc1)NC[C@H]1CCCO1. The second-order valence-electron chi connectivity index (χ2n) is 5.97. The largest absolute Gasteiger partial charge is 0.484 e. The molecule has 1 aromatic carbocycles. The Morgan fingerprint density at radius 1 is 1.26 bits per heavy atom. The van der Waals surface area contributed by atoms with Crippen molar-refractivity contribution in [2.75, 3.05) is 19.8 Å². The molecule has 2 aromatic rings. The highest BCUT2D eigenvalue weighted by Gasteiger charge is 2.16. The van der Waals surface area contributed by atoms with E-state index >= 15 is 0 Å². The maximum absolute atomic E-state index is 11.8. The summed E-state index contributed by atoms with van der Waals surface area (Å²) in [6, 6.07) is 10.2. The Labute approximate surface area is 156 Å². The quantitative estimate of drug-likeness (QED) is 0.543. The smallest absolute Gasteiger partial charge is 0.307 e. The van der Waals surface area contributed by atoms with E-state index in [0.717, 1.165) is 25.0 Å². The van der Waals surface area contributed by atoms with Gasteiger partial charge in [0.1, 0.15) is 5.75 Å². The van der Waals surface area contributed by atoms with Crippen LogP contribution in [0.5, 0.6) is 5.75 Å². The van der Waals surface area contributed by atoms with Gasteiger partial charge in [-0.15, -0.1) is 0 Å². The first kappa shape index (κ1) is 18.7. The molecule has 2 N–H and O–H groups in total. The predicted octanol–water partition coefficient (Wildman–Crippen LogP) is 1.72. The van der Waals surface area contributed by atoms with Gasteiger partial charge < -0.3 is 19.2 Å². The molecule has 2 amide bonds. The van der Waals surface area contributed by atoms with Crippen LogP contribution in [0.4, 0.5) is 0 Å². The Bertz CT molecular complexity index is 765. The highest BCUT2D eigenvalue weighted by molar-refractivity contribution is 5.92. The number of rotatable bonds is 8. The third kappa shape index (κ3) is 5.96. The fourth-order valence-corrected chi connectivity index (χ4v) is 2.51. The van der Waals surface area contributed by atoms with Gasteiger partial charge in [0.15, 0.2) is 12.4 Å². The molecule has 0 radical (unpaired) electrons. The van der Waals surface area contributed by atoms with Gasteiger partial charge in [-0.2, -0.15) is 5.10 Å². The molecular weight excluding hydrogens is 350 g/mol. The molecule has 2 heterocycles. The molecule has 1 aromatic heterocycles. The van der Waals surface area contributed by atoms with Crippen molar-refractivity contribution in [3.05, 3.63) is 54.0 Å². The number of benzene rings is 1. The van der Waals surface area contributed by atoms with Crippen molar-refractivity contribution in [2.24, 2.45) is 5.10 Å². The number of hydrazone groups is 1. The Morgan fingerprint density at radius 2 is 2.11 bits per heavy atom. The Kier molecular flexibility index (Phi) is 6.59. The predicted molar refractivity (Wildman–Crippen MR) is 97.7 cm³/mol. The first-order valence-corrected chi connectivity index (χ1v) is 8.69. The lowest BCUT2D eigenvalue weighted by molar-refractivity contribution is -0.123. The van der Waals surface area contributed by atoms with Crippen LogP contribution >= 0.6 is 0 Å². The average molecular weight is 371 g/mol. The summed E-state index contributed by atoms with van der Waals surface area (Å²) >= 11 is 0. The molecule has 1 atom stereocenters. The lowest BCUT2D eigenvalue weighted by Crippen LogP contribution is -2.35. The maximum atomic E-state index is 11.8. The molecule has 3 rings (SSSR count). The maximum Gasteiger partial charge on any atom is 0.307 e.